The van der Waals surface area contributed by atoms with E-state index in [4.69, 9.17) is 0 Å². The van der Waals surface area contributed by atoms with Crippen molar-refractivity contribution in [1.29, 1.82) is 0 Å². The van der Waals surface area contributed by atoms with E-state index in [1.165, 1.54) is 16.7 Å². The maximum Gasteiger partial charge on any atom is 0.0397 e. The molecule has 1 rings (SSSR count). The van der Waals surface area contributed by atoms with Crippen molar-refractivity contribution in [3.05, 3.63) is 53.2 Å². The predicted octanol–water partition coefficient (Wildman–Crippen LogP) is 3.65. The number of hydrogen-bond acceptors (Lipinski definition) is 1. The quantitative estimate of drug-likeness (QED) is 0.784. The highest BCUT2D eigenvalue weighted by molar-refractivity contribution is 5.53. The molecule has 1 aromatic rings. The fourth-order valence-electron chi connectivity index (χ4n) is 1.47. The van der Waals surface area contributed by atoms with E-state index in [1.807, 2.05) is 13.8 Å². The summed E-state index contributed by atoms with van der Waals surface area (Å²) in [6.45, 7) is 10.8. The number of benzene rings is 1. The van der Waals surface area contributed by atoms with Crippen molar-refractivity contribution in [2.45, 2.75) is 27.3 Å². The van der Waals surface area contributed by atoms with Gasteiger partial charge in [-0.25, -0.2) is 0 Å². The molecule has 0 aliphatic rings. The van der Waals surface area contributed by atoms with Gasteiger partial charge >= 0.3 is 0 Å². The van der Waals surface area contributed by atoms with Gasteiger partial charge < -0.3 is 5.32 Å². The third kappa shape index (κ3) is 3.62. The SMILES string of the molecule is C=C(C)NCc1ccc(/C=C\C)c(C)c1. The van der Waals surface area contributed by atoms with Crippen molar-refractivity contribution >= 4 is 6.08 Å². The third-order valence-electron chi connectivity index (χ3n) is 2.27. The predicted molar refractivity (Wildman–Crippen MR) is 67.5 cm³/mol. The van der Waals surface area contributed by atoms with E-state index in [9.17, 15) is 0 Å². The Balaban J connectivity index is 2.77. The summed E-state index contributed by atoms with van der Waals surface area (Å²) in [5.41, 5.74) is 4.90. The minimum absolute atomic E-state index is 0.853. The topological polar surface area (TPSA) is 12.0 Å². The molecule has 0 aromatic heterocycles. The second kappa shape index (κ2) is 5.40. The number of nitrogens with one attached hydrogen (secondary N) is 1. The van der Waals surface area contributed by atoms with Crippen LogP contribution in [0, 0.1) is 6.92 Å². The lowest BCUT2D eigenvalue weighted by Gasteiger charge is -2.07. The molecule has 80 valence electrons. The average molecular weight is 201 g/mol. The summed E-state index contributed by atoms with van der Waals surface area (Å²) in [4.78, 5) is 0. The molecule has 1 heteroatoms. The average Bonchev–Trinajstić information content (AvgIpc) is 2.19. The fourth-order valence-corrected chi connectivity index (χ4v) is 1.47. The Morgan fingerprint density at radius 3 is 2.73 bits per heavy atom. The van der Waals surface area contributed by atoms with Gasteiger partial charge in [-0.3, -0.25) is 0 Å². The molecule has 15 heavy (non-hydrogen) atoms. The van der Waals surface area contributed by atoms with Gasteiger partial charge in [0.2, 0.25) is 0 Å². The molecule has 1 nitrogen and oxygen atoms in total. The summed E-state index contributed by atoms with van der Waals surface area (Å²) in [7, 11) is 0. The van der Waals surface area contributed by atoms with E-state index in [0.717, 1.165) is 12.2 Å². The number of allylic oxidation sites excluding steroid dienone is 2. The maximum absolute atomic E-state index is 3.82. The van der Waals surface area contributed by atoms with Crippen LogP contribution in [0.25, 0.3) is 6.08 Å². The molecular weight excluding hydrogens is 182 g/mol. The first-order valence-electron chi connectivity index (χ1n) is 5.25. The van der Waals surface area contributed by atoms with E-state index < -0.39 is 0 Å². The van der Waals surface area contributed by atoms with Crippen molar-refractivity contribution in [2.75, 3.05) is 0 Å². The van der Waals surface area contributed by atoms with Crippen molar-refractivity contribution in [3.8, 4) is 0 Å². The lowest BCUT2D eigenvalue weighted by Crippen LogP contribution is -2.09. The molecule has 0 saturated heterocycles. The van der Waals surface area contributed by atoms with Crippen LogP contribution in [0.1, 0.15) is 30.5 Å². The highest BCUT2D eigenvalue weighted by Crippen LogP contribution is 2.12. The van der Waals surface area contributed by atoms with Gasteiger partial charge in [0.15, 0.2) is 0 Å². The van der Waals surface area contributed by atoms with Gasteiger partial charge in [-0.2, -0.15) is 0 Å². The Kier molecular flexibility index (Phi) is 4.17. The molecule has 0 amide bonds. The normalized spacial score (nSPS) is 10.6. The van der Waals surface area contributed by atoms with E-state index in [-0.39, 0.29) is 0 Å². The van der Waals surface area contributed by atoms with E-state index in [1.54, 1.807) is 0 Å². The molecule has 0 aliphatic heterocycles. The molecule has 1 aromatic carbocycles. The molecule has 0 unspecified atom stereocenters. The second-order valence-electron chi connectivity index (χ2n) is 3.82. The Bertz CT molecular complexity index is 375. The first-order chi connectivity index (χ1) is 7.13. The molecule has 0 atom stereocenters. The zero-order valence-corrected chi connectivity index (χ0v) is 9.80. The van der Waals surface area contributed by atoms with Crippen LogP contribution in [-0.2, 0) is 6.54 Å². The lowest BCUT2D eigenvalue weighted by atomic mass is 10.0. The van der Waals surface area contributed by atoms with Crippen molar-refractivity contribution in [1.82, 2.24) is 5.32 Å². The van der Waals surface area contributed by atoms with Gasteiger partial charge in [-0.15, -0.1) is 0 Å². The minimum atomic E-state index is 0.853. The van der Waals surface area contributed by atoms with Crippen LogP contribution < -0.4 is 5.32 Å². The molecule has 0 aliphatic carbocycles. The van der Waals surface area contributed by atoms with Crippen LogP contribution in [0.2, 0.25) is 0 Å². The highest BCUT2D eigenvalue weighted by atomic mass is 14.9. The number of aryl methyl sites for hydroxylation is 1. The molecule has 0 radical (unpaired) electrons. The zero-order valence-electron chi connectivity index (χ0n) is 9.80. The van der Waals surface area contributed by atoms with Crippen LogP contribution in [0.5, 0.6) is 0 Å². The third-order valence-corrected chi connectivity index (χ3v) is 2.27. The minimum Gasteiger partial charge on any atom is -0.385 e. The summed E-state index contributed by atoms with van der Waals surface area (Å²) >= 11 is 0. The first-order valence-corrected chi connectivity index (χ1v) is 5.25. The Hall–Kier alpha value is -1.50. The van der Waals surface area contributed by atoms with Crippen LogP contribution in [0.4, 0.5) is 0 Å². The lowest BCUT2D eigenvalue weighted by molar-refractivity contribution is 0.815. The summed E-state index contributed by atoms with van der Waals surface area (Å²) in [5, 5.41) is 3.23. The largest absolute Gasteiger partial charge is 0.385 e. The van der Waals surface area contributed by atoms with Crippen LogP contribution in [0.15, 0.2) is 36.6 Å². The molecule has 0 fully saturated rings. The Labute approximate surface area is 92.5 Å². The van der Waals surface area contributed by atoms with E-state index in [2.05, 4.69) is 49.2 Å². The Morgan fingerprint density at radius 1 is 1.47 bits per heavy atom. The van der Waals surface area contributed by atoms with Gasteiger partial charge in [0.05, 0.1) is 0 Å². The standard InChI is InChI=1S/C14H19N/c1-5-6-14-8-7-13(9-12(14)4)10-15-11(2)3/h5-9,15H,2,10H2,1,3-4H3/b6-5-. The van der Waals surface area contributed by atoms with Crippen molar-refractivity contribution < 1.29 is 0 Å². The van der Waals surface area contributed by atoms with Gasteiger partial charge in [0, 0.05) is 12.2 Å². The Morgan fingerprint density at radius 2 is 2.20 bits per heavy atom. The van der Waals surface area contributed by atoms with E-state index in [0.29, 0.717) is 0 Å². The van der Waals surface area contributed by atoms with Crippen molar-refractivity contribution in [3.63, 3.8) is 0 Å². The molecule has 0 saturated carbocycles. The fraction of sp³-hybridized carbons (Fsp3) is 0.286. The van der Waals surface area contributed by atoms with Crippen LogP contribution >= 0.6 is 0 Å². The second-order valence-corrected chi connectivity index (χ2v) is 3.82. The van der Waals surface area contributed by atoms with Gasteiger partial charge in [0.1, 0.15) is 0 Å². The zero-order chi connectivity index (χ0) is 11.3. The first kappa shape index (κ1) is 11.6. The molecular formula is C14H19N. The van der Waals surface area contributed by atoms with Crippen LogP contribution in [-0.4, -0.2) is 0 Å². The maximum atomic E-state index is 3.82. The number of rotatable bonds is 4. The number of hydrogen-bond donors (Lipinski definition) is 1. The molecule has 1 N–H and O–H groups in total. The molecule has 0 heterocycles. The van der Waals surface area contributed by atoms with Crippen molar-refractivity contribution in [2.24, 2.45) is 0 Å². The summed E-state index contributed by atoms with van der Waals surface area (Å²) in [6, 6.07) is 6.52. The summed E-state index contributed by atoms with van der Waals surface area (Å²) in [6.07, 6.45) is 4.19. The van der Waals surface area contributed by atoms with Gasteiger partial charge in [-0.1, -0.05) is 36.9 Å². The monoisotopic (exact) mass is 201 g/mol. The van der Waals surface area contributed by atoms with Crippen LogP contribution in [0.3, 0.4) is 0 Å². The summed E-state index contributed by atoms with van der Waals surface area (Å²) in [5.74, 6) is 0. The molecule has 0 spiro atoms. The van der Waals surface area contributed by atoms with E-state index >= 15 is 0 Å². The van der Waals surface area contributed by atoms with Gasteiger partial charge in [-0.05, 0) is 37.5 Å². The van der Waals surface area contributed by atoms with Gasteiger partial charge in [0.25, 0.3) is 0 Å². The molecule has 0 bridgehead atoms. The summed E-state index contributed by atoms with van der Waals surface area (Å²) < 4.78 is 0. The smallest absolute Gasteiger partial charge is 0.0397 e. The highest BCUT2D eigenvalue weighted by Gasteiger charge is 1.97.